The number of rotatable bonds is 3. The van der Waals surface area contributed by atoms with Crippen LogP contribution >= 0.6 is 15.9 Å². The van der Waals surface area contributed by atoms with Crippen molar-refractivity contribution in [2.45, 2.75) is 13.5 Å². The van der Waals surface area contributed by atoms with E-state index in [1.807, 2.05) is 29.9 Å². The van der Waals surface area contributed by atoms with E-state index >= 15 is 0 Å². The van der Waals surface area contributed by atoms with Crippen LogP contribution < -0.4 is 5.32 Å². The summed E-state index contributed by atoms with van der Waals surface area (Å²) in [5.74, 6) is 0. The first-order chi connectivity index (χ1) is 8.60. The third-order valence-corrected chi connectivity index (χ3v) is 3.44. The molecule has 0 radical (unpaired) electrons. The van der Waals surface area contributed by atoms with Crippen molar-refractivity contribution >= 4 is 21.6 Å². The highest BCUT2D eigenvalue weighted by atomic mass is 79.9. The number of aromatic nitrogens is 1. The highest BCUT2D eigenvalue weighted by Gasteiger charge is 2.03. The van der Waals surface area contributed by atoms with Gasteiger partial charge in [-0.25, -0.2) is 0 Å². The molecule has 0 unspecified atom stereocenters. The van der Waals surface area contributed by atoms with E-state index in [0.717, 1.165) is 15.7 Å². The highest BCUT2D eigenvalue weighted by Crippen LogP contribution is 2.24. The Bertz CT molecular complexity index is 608. The van der Waals surface area contributed by atoms with Crippen LogP contribution in [-0.2, 0) is 13.6 Å². The zero-order valence-electron chi connectivity index (χ0n) is 10.4. The van der Waals surface area contributed by atoms with Crippen molar-refractivity contribution < 1.29 is 0 Å². The number of benzene rings is 1. The van der Waals surface area contributed by atoms with E-state index in [2.05, 4.69) is 46.4 Å². The third kappa shape index (κ3) is 2.74. The summed E-state index contributed by atoms with van der Waals surface area (Å²) in [6.45, 7) is 2.77. The molecule has 0 fully saturated rings. The molecule has 0 amide bonds. The number of nitriles is 1. The smallest absolute Gasteiger partial charge is 0.120 e. The van der Waals surface area contributed by atoms with Crippen molar-refractivity contribution in [1.29, 1.82) is 5.26 Å². The number of nitrogens with one attached hydrogen (secondary N) is 1. The standard InChI is InChI=1S/C14H14BrN3/c1-10-3-4-14(13(15)5-10)17-8-11-6-12(7-16)18(2)9-11/h3-6,9,17H,8H2,1-2H3. The van der Waals surface area contributed by atoms with Gasteiger partial charge in [0.05, 0.1) is 0 Å². The summed E-state index contributed by atoms with van der Waals surface area (Å²) in [7, 11) is 1.88. The predicted molar refractivity (Wildman–Crippen MR) is 76.3 cm³/mol. The average Bonchev–Trinajstić information content (AvgIpc) is 2.69. The lowest BCUT2D eigenvalue weighted by atomic mass is 10.2. The van der Waals surface area contributed by atoms with Gasteiger partial charge in [-0.1, -0.05) is 6.07 Å². The van der Waals surface area contributed by atoms with Crippen LogP contribution in [0, 0.1) is 18.3 Å². The molecule has 92 valence electrons. The average molecular weight is 304 g/mol. The van der Waals surface area contributed by atoms with Crippen LogP contribution in [0.3, 0.4) is 0 Å². The Labute approximate surface area is 115 Å². The minimum Gasteiger partial charge on any atom is -0.380 e. The van der Waals surface area contributed by atoms with Crippen molar-refractivity contribution in [3.63, 3.8) is 0 Å². The molecular weight excluding hydrogens is 290 g/mol. The maximum absolute atomic E-state index is 8.89. The molecule has 0 saturated carbocycles. The Balaban J connectivity index is 2.09. The van der Waals surface area contributed by atoms with E-state index in [-0.39, 0.29) is 0 Å². The van der Waals surface area contributed by atoms with Crippen LogP contribution in [0.2, 0.25) is 0 Å². The lowest BCUT2D eigenvalue weighted by molar-refractivity contribution is 0.902. The van der Waals surface area contributed by atoms with Crippen LogP contribution in [0.5, 0.6) is 0 Å². The van der Waals surface area contributed by atoms with E-state index in [0.29, 0.717) is 12.2 Å². The van der Waals surface area contributed by atoms with Gasteiger partial charge in [-0.05, 0) is 52.2 Å². The van der Waals surface area contributed by atoms with Gasteiger partial charge in [0.2, 0.25) is 0 Å². The molecule has 0 aliphatic carbocycles. The maximum Gasteiger partial charge on any atom is 0.120 e. The molecule has 0 saturated heterocycles. The summed E-state index contributed by atoms with van der Waals surface area (Å²) in [5, 5.41) is 12.2. The fourth-order valence-corrected chi connectivity index (χ4v) is 2.44. The van der Waals surface area contributed by atoms with Crippen LogP contribution in [0.4, 0.5) is 5.69 Å². The fraction of sp³-hybridized carbons (Fsp3) is 0.214. The quantitative estimate of drug-likeness (QED) is 0.941. The van der Waals surface area contributed by atoms with Crippen LogP contribution in [-0.4, -0.2) is 4.57 Å². The van der Waals surface area contributed by atoms with Crippen molar-refractivity contribution in [3.8, 4) is 6.07 Å². The lowest BCUT2D eigenvalue weighted by Crippen LogP contribution is -1.99. The first kappa shape index (κ1) is 12.7. The zero-order chi connectivity index (χ0) is 13.1. The number of aryl methyl sites for hydroxylation is 2. The van der Waals surface area contributed by atoms with Crippen molar-refractivity contribution in [3.05, 3.63) is 51.8 Å². The Kier molecular flexibility index (Phi) is 3.73. The molecule has 0 bridgehead atoms. The van der Waals surface area contributed by atoms with Crippen molar-refractivity contribution in [2.24, 2.45) is 7.05 Å². The second-order valence-corrected chi connectivity index (χ2v) is 5.15. The van der Waals surface area contributed by atoms with Gasteiger partial charge in [0.1, 0.15) is 11.8 Å². The summed E-state index contributed by atoms with van der Waals surface area (Å²) < 4.78 is 2.89. The van der Waals surface area contributed by atoms with E-state index in [9.17, 15) is 0 Å². The van der Waals surface area contributed by atoms with Gasteiger partial charge in [-0.15, -0.1) is 0 Å². The molecule has 1 aromatic heterocycles. The summed E-state index contributed by atoms with van der Waals surface area (Å²) in [6.07, 6.45) is 1.97. The second kappa shape index (κ2) is 5.28. The van der Waals surface area contributed by atoms with Gasteiger partial charge >= 0.3 is 0 Å². The maximum atomic E-state index is 8.89. The lowest BCUT2D eigenvalue weighted by Gasteiger charge is -2.08. The summed E-state index contributed by atoms with van der Waals surface area (Å²) >= 11 is 3.53. The number of hydrogen-bond donors (Lipinski definition) is 1. The van der Waals surface area contributed by atoms with Gasteiger partial charge in [0.25, 0.3) is 0 Å². The Morgan fingerprint density at radius 2 is 2.17 bits per heavy atom. The molecule has 18 heavy (non-hydrogen) atoms. The minimum absolute atomic E-state index is 0.676. The van der Waals surface area contributed by atoms with Gasteiger partial charge in [0.15, 0.2) is 0 Å². The van der Waals surface area contributed by atoms with Crippen LogP contribution in [0.15, 0.2) is 34.9 Å². The Hall–Kier alpha value is -1.73. The molecule has 0 aliphatic rings. The van der Waals surface area contributed by atoms with Crippen LogP contribution in [0.25, 0.3) is 0 Å². The second-order valence-electron chi connectivity index (χ2n) is 4.29. The van der Waals surface area contributed by atoms with Gasteiger partial charge in [0, 0.05) is 29.9 Å². The summed E-state index contributed by atoms with van der Waals surface area (Å²) in [6, 6.07) is 10.3. The molecule has 0 spiro atoms. The van der Waals surface area contributed by atoms with E-state index in [1.54, 1.807) is 0 Å². The molecule has 1 N–H and O–H groups in total. The predicted octanol–water partition coefficient (Wildman–Crippen LogP) is 3.58. The molecule has 1 heterocycles. The minimum atomic E-state index is 0.676. The first-order valence-electron chi connectivity index (χ1n) is 5.65. The summed E-state index contributed by atoms with van der Waals surface area (Å²) in [4.78, 5) is 0. The van der Waals surface area contributed by atoms with Crippen LogP contribution in [0.1, 0.15) is 16.8 Å². The molecule has 4 heteroatoms. The number of nitrogens with zero attached hydrogens (tertiary/aromatic N) is 2. The van der Waals surface area contributed by atoms with Gasteiger partial charge < -0.3 is 9.88 Å². The SMILES string of the molecule is Cc1ccc(NCc2cc(C#N)n(C)c2)c(Br)c1. The third-order valence-electron chi connectivity index (χ3n) is 2.78. The van der Waals surface area contributed by atoms with E-state index < -0.39 is 0 Å². The molecule has 2 aromatic rings. The Morgan fingerprint density at radius 1 is 1.39 bits per heavy atom. The molecule has 3 nitrogen and oxygen atoms in total. The van der Waals surface area contributed by atoms with Crippen molar-refractivity contribution in [2.75, 3.05) is 5.32 Å². The topological polar surface area (TPSA) is 40.8 Å². The molecular formula is C14H14BrN3. The number of hydrogen-bond acceptors (Lipinski definition) is 2. The molecule has 2 rings (SSSR count). The van der Waals surface area contributed by atoms with Crippen molar-refractivity contribution in [1.82, 2.24) is 4.57 Å². The number of halogens is 1. The van der Waals surface area contributed by atoms with E-state index in [1.165, 1.54) is 5.56 Å². The molecule has 0 aliphatic heterocycles. The monoisotopic (exact) mass is 303 g/mol. The fourth-order valence-electron chi connectivity index (χ4n) is 1.80. The number of anilines is 1. The zero-order valence-corrected chi connectivity index (χ0v) is 12.0. The molecule has 0 atom stereocenters. The highest BCUT2D eigenvalue weighted by molar-refractivity contribution is 9.10. The van der Waals surface area contributed by atoms with E-state index in [4.69, 9.17) is 5.26 Å². The van der Waals surface area contributed by atoms with Gasteiger partial charge in [-0.2, -0.15) is 5.26 Å². The first-order valence-corrected chi connectivity index (χ1v) is 6.45. The molecule has 1 aromatic carbocycles. The summed E-state index contributed by atoms with van der Waals surface area (Å²) in [5.41, 5.74) is 4.05. The van der Waals surface area contributed by atoms with Gasteiger partial charge in [-0.3, -0.25) is 0 Å². The largest absolute Gasteiger partial charge is 0.380 e. The Morgan fingerprint density at radius 3 is 2.78 bits per heavy atom. The normalized spacial score (nSPS) is 10.1.